The van der Waals surface area contributed by atoms with Gasteiger partial charge in [0.2, 0.25) is 0 Å². The number of ether oxygens (including phenoxy) is 1. The summed E-state index contributed by atoms with van der Waals surface area (Å²) in [5.74, 6) is -0.187. The molecule has 0 bridgehead atoms. The fourth-order valence-electron chi connectivity index (χ4n) is 1.96. The van der Waals surface area contributed by atoms with Crippen molar-refractivity contribution in [2.75, 3.05) is 7.11 Å². The second-order valence-electron chi connectivity index (χ2n) is 6.01. The normalized spacial score (nSPS) is 22.1. The van der Waals surface area contributed by atoms with Crippen LogP contribution in [0.3, 0.4) is 0 Å². The first-order valence-electron chi connectivity index (χ1n) is 6.93. The molecule has 1 amide bonds. The monoisotopic (exact) mass is 271 g/mol. The molecule has 0 aliphatic carbocycles. The molecule has 5 nitrogen and oxygen atoms in total. The number of carbonyl (C=O) groups is 1. The Bertz CT molecular complexity index is 304. The summed E-state index contributed by atoms with van der Waals surface area (Å²) in [6.07, 6.45) is 2.41. The van der Waals surface area contributed by atoms with Gasteiger partial charge >= 0.3 is 13.2 Å². The summed E-state index contributed by atoms with van der Waals surface area (Å²) in [7, 11) is 0.923. The molecule has 0 saturated carbocycles. The molecule has 1 saturated heterocycles. The van der Waals surface area contributed by atoms with E-state index < -0.39 is 13.2 Å². The molecule has 0 spiro atoms. The average molecular weight is 271 g/mol. The van der Waals surface area contributed by atoms with E-state index >= 15 is 0 Å². The van der Waals surface area contributed by atoms with Gasteiger partial charge in [-0.25, -0.2) is 4.79 Å². The Hall–Kier alpha value is -0.745. The van der Waals surface area contributed by atoms with Crippen molar-refractivity contribution >= 4 is 13.2 Å². The molecule has 1 fully saturated rings. The minimum atomic E-state index is -0.448. The number of hydrogen-bond acceptors (Lipinski definition) is 4. The third-order valence-corrected chi connectivity index (χ3v) is 3.96. The van der Waals surface area contributed by atoms with Gasteiger partial charge in [-0.1, -0.05) is 19.8 Å². The third kappa shape index (κ3) is 3.86. The molecule has 1 aliphatic rings. The Kier molecular flexibility index (Phi) is 5.27. The highest BCUT2D eigenvalue weighted by molar-refractivity contribution is 6.47. The van der Waals surface area contributed by atoms with Crippen molar-refractivity contribution < 1.29 is 18.8 Å². The van der Waals surface area contributed by atoms with Crippen LogP contribution in [-0.4, -0.2) is 37.5 Å². The third-order valence-electron chi connectivity index (χ3n) is 3.96. The largest absolute Gasteiger partial charge is 0.481 e. The fourth-order valence-corrected chi connectivity index (χ4v) is 1.96. The lowest BCUT2D eigenvalue weighted by Crippen LogP contribution is -2.48. The molecule has 1 unspecified atom stereocenters. The van der Waals surface area contributed by atoms with Crippen LogP contribution in [0.25, 0.3) is 0 Å². The van der Waals surface area contributed by atoms with E-state index in [9.17, 15) is 4.79 Å². The summed E-state index contributed by atoms with van der Waals surface area (Å²) in [5.41, 5.74) is -0.778. The lowest BCUT2D eigenvalue weighted by molar-refractivity contribution is 0.00578. The Balaban J connectivity index is 2.73. The molecule has 0 aromatic heterocycles. The zero-order valence-corrected chi connectivity index (χ0v) is 12.9. The van der Waals surface area contributed by atoms with Crippen molar-refractivity contribution in [1.82, 2.24) is 5.32 Å². The van der Waals surface area contributed by atoms with E-state index in [1.165, 1.54) is 7.11 Å². The molecule has 1 N–H and O–H groups in total. The highest BCUT2D eigenvalue weighted by Crippen LogP contribution is 2.38. The molecule has 1 aliphatic heterocycles. The van der Waals surface area contributed by atoms with E-state index in [2.05, 4.69) is 17.0 Å². The maximum absolute atomic E-state index is 11.4. The smallest absolute Gasteiger partial charge is 0.453 e. The van der Waals surface area contributed by atoms with Crippen LogP contribution in [0.5, 0.6) is 0 Å². The number of nitrogens with one attached hydrogen (secondary N) is 1. The van der Waals surface area contributed by atoms with Crippen LogP contribution >= 0.6 is 0 Å². The molecule has 0 aromatic carbocycles. The standard InChI is InChI=1S/C13H26BNO4/c1-7-8-9-10(15-11(16)17-6)14-18-12(2,3)13(4,5)19-14/h10H,7-9H2,1-6H3,(H,15,16). The summed E-state index contributed by atoms with van der Waals surface area (Å²) in [6, 6.07) is 0. The quantitative estimate of drug-likeness (QED) is 0.781. The van der Waals surface area contributed by atoms with Crippen molar-refractivity contribution in [3.05, 3.63) is 0 Å². The second-order valence-corrected chi connectivity index (χ2v) is 6.01. The Morgan fingerprint density at radius 3 is 2.21 bits per heavy atom. The number of rotatable bonds is 5. The Labute approximate surface area is 116 Å². The van der Waals surface area contributed by atoms with Gasteiger partial charge in [-0.15, -0.1) is 0 Å². The Morgan fingerprint density at radius 2 is 1.79 bits per heavy atom. The summed E-state index contributed by atoms with van der Waals surface area (Å²) in [6.45, 7) is 10.1. The van der Waals surface area contributed by atoms with Crippen LogP contribution < -0.4 is 5.32 Å². The average Bonchev–Trinajstić information content (AvgIpc) is 2.53. The molecule has 0 radical (unpaired) electrons. The highest BCUT2D eigenvalue weighted by atomic mass is 16.7. The molecule has 1 heterocycles. The van der Waals surface area contributed by atoms with Crippen LogP contribution in [0, 0.1) is 0 Å². The minimum absolute atomic E-state index is 0.187. The predicted octanol–water partition coefficient (Wildman–Crippen LogP) is 2.53. The first-order valence-corrected chi connectivity index (χ1v) is 6.93. The predicted molar refractivity (Wildman–Crippen MR) is 74.9 cm³/mol. The molecule has 6 heteroatoms. The van der Waals surface area contributed by atoms with Gasteiger partial charge in [-0.2, -0.15) is 0 Å². The van der Waals surface area contributed by atoms with Crippen molar-refractivity contribution in [2.45, 2.75) is 71.0 Å². The van der Waals surface area contributed by atoms with E-state index in [4.69, 9.17) is 9.31 Å². The van der Waals surface area contributed by atoms with Crippen molar-refractivity contribution in [3.8, 4) is 0 Å². The summed E-state index contributed by atoms with van der Waals surface area (Å²) < 4.78 is 16.6. The van der Waals surface area contributed by atoms with E-state index in [0.29, 0.717) is 0 Å². The maximum atomic E-state index is 11.4. The number of carbonyl (C=O) groups excluding carboxylic acids is 1. The number of alkyl carbamates (subject to hydrolysis) is 1. The van der Waals surface area contributed by atoms with Crippen molar-refractivity contribution in [3.63, 3.8) is 0 Å². The Morgan fingerprint density at radius 1 is 1.26 bits per heavy atom. The van der Waals surface area contributed by atoms with Crippen LogP contribution in [-0.2, 0) is 14.0 Å². The number of hydrogen-bond donors (Lipinski definition) is 1. The molecule has 0 aromatic rings. The number of amides is 1. The zero-order valence-electron chi connectivity index (χ0n) is 12.9. The van der Waals surface area contributed by atoms with Gasteiger partial charge < -0.3 is 19.4 Å². The van der Waals surface area contributed by atoms with Gasteiger partial charge in [0.15, 0.2) is 0 Å². The van der Waals surface area contributed by atoms with Gasteiger partial charge in [0, 0.05) is 0 Å². The van der Waals surface area contributed by atoms with E-state index in [0.717, 1.165) is 19.3 Å². The van der Waals surface area contributed by atoms with Crippen molar-refractivity contribution in [2.24, 2.45) is 0 Å². The lowest BCUT2D eigenvalue weighted by atomic mass is 9.75. The van der Waals surface area contributed by atoms with Crippen LogP contribution in [0.1, 0.15) is 53.9 Å². The van der Waals surface area contributed by atoms with Crippen LogP contribution in [0.4, 0.5) is 4.79 Å². The highest BCUT2D eigenvalue weighted by Gasteiger charge is 2.54. The SMILES string of the molecule is CCCCC(NC(=O)OC)B1OC(C)(C)C(C)(C)O1. The zero-order chi connectivity index (χ0) is 14.7. The van der Waals surface area contributed by atoms with Crippen LogP contribution in [0.2, 0.25) is 0 Å². The summed E-state index contributed by atoms with van der Waals surface area (Å²) >= 11 is 0. The topological polar surface area (TPSA) is 56.8 Å². The maximum Gasteiger partial charge on any atom is 0.481 e. The first-order chi connectivity index (χ1) is 8.73. The fraction of sp³-hybridized carbons (Fsp3) is 0.923. The molecule has 1 rings (SSSR count). The number of unbranched alkanes of at least 4 members (excludes halogenated alkanes) is 1. The van der Waals surface area contributed by atoms with E-state index in [1.807, 2.05) is 27.7 Å². The van der Waals surface area contributed by atoms with E-state index in [1.54, 1.807) is 0 Å². The van der Waals surface area contributed by atoms with Gasteiger partial charge in [0.1, 0.15) is 0 Å². The molecule has 110 valence electrons. The summed E-state index contributed by atoms with van der Waals surface area (Å²) in [4.78, 5) is 11.4. The van der Waals surface area contributed by atoms with Gasteiger partial charge in [0.25, 0.3) is 0 Å². The first kappa shape index (κ1) is 16.3. The van der Waals surface area contributed by atoms with Crippen molar-refractivity contribution in [1.29, 1.82) is 0 Å². The molecule has 1 atom stereocenters. The van der Waals surface area contributed by atoms with Crippen LogP contribution in [0.15, 0.2) is 0 Å². The molecule has 19 heavy (non-hydrogen) atoms. The summed E-state index contributed by atoms with van der Waals surface area (Å²) in [5, 5.41) is 2.81. The van der Waals surface area contributed by atoms with E-state index in [-0.39, 0.29) is 17.1 Å². The molecular weight excluding hydrogens is 245 g/mol. The number of methoxy groups -OCH3 is 1. The van der Waals surface area contributed by atoms with Gasteiger partial charge in [-0.3, -0.25) is 0 Å². The van der Waals surface area contributed by atoms with Gasteiger partial charge in [-0.05, 0) is 34.1 Å². The second kappa shape index (κ2) is 6.14. The molecular formula is C13H26BNO4. The van der Waals surface area contributed by atoms with Gasteiger partial charge in [0.05, 0.1) is 24.3 Å². The minimum Gasteiger partial charge on any atom is -0.453 e. The lowest BCUT2D eigenvalue weighted by Gasteiger charge is -2.32.